The molecule has 2 aliphatic rings. The zero-order valence-electron chi connectivity index (χ0n) is 6.86. The number of hydrogen-bond acceptors (Lipinski definition) is 2. The number of carbonyl (C=O) groups is 1. The average molecular weight is 192 g/mol. The maximum absolute atomic E-state index is 10.8. The Kier molecular flexibility index (Phi) is 2.10. The third-order valence-electron chi connectivity index (χ3n) is 1.95. The molecule has 0 spiro atoms. The van der Waals surface area contributed by atoms with Gasteiger partial charge in [0.05, 0.1) is 5.57 Å². The zero-order valence-corrected chi connectivity index (χ0v) is 7.67. The molecule has 0 saturated heterocycles. The van der Waals surface area contributed by atoms with Crippen LogP contribution in [0.3, 0.4) is 0 Å². The Hall–Kier alpha value is -1.22. The van der Waals surface area contributed by atoms with Gasteiger partial charge in [0, 0.05) is 10.7 Å². The van der Waals surface area contributed by atoms with Gasteiger partial charge in [-0.25, -0.2) is 4.79 Å². The molecule has 0 aromatic rings. The van der Waals surface area contributed by atoms with Crippen molar-refractivity contribution in [2.45, 2.75) is 0 Å². The van der Waals surface area contributed by atoms with E-state index in [1.165, 1.54) is 0 Å². The van der Waals surface area contributed by atoms with Gasteiger partial charge in [-0.05, 0) is 11.6 Å². The van der Waals surface area contributed by atoms with Gasteiger partial charge in [-0.1, -0.05) is 24.3 Å². The molecule has 1 heterocycles. The van der Waals surface area contributed by atoms with E-state index >= 15 is 0 Å². The highest BCUT2D eigenvalue weighted by atomic mass is 32.2. The predicted molar refractivity (Wildman–Crippen MR) is 53.5 cm³/mol. The van der Waals surface area contributed by atoms with Crippen LogP contribution >= 0.6 is 11.8 Å². The highest BCUT2D eigenvalue weighted by Crippen LogP contribution is 2.37. The summed E-state index contributed by atoms with van der Waals surface area (Å²) in [5, 5.41) is 8.89. The van der Waals surface area contributed by atoms with Gasteiger partial charge in [0.15, 0.2) is 0 Å². The van der Waals surface area contributed by atoms with Crippen LogP contribution in [0.25, 0.3) is 0 Å². The molecule has 13 heavy (non-hydrogen) atoms. The Labute approximate surface area is 80.3 Å². The molecule has 0 radical (unpaired) electrons. The van der Waals surface area contributed by atoms with Gasteiger partial charge in [0.1, 0.15) is 0 Å². The lowest BCUT2D eigenvalue weighted by atomic mass is 10.1. The summed E-state index contributed by atoms with van der Waals surface area (Å²) in [5.74, 6) is -0.230. The molecule has 0 aromatic heterocycles. The zero-order chi connectivity index (χ0) is 9.26. The Morgan fingerprint density at radius 2 is 2.23 bits per heavy atom. The van der Waals surface area contributed by atoms with Crippen LogP contribution in [0, 0.1) is 0 Å². The van der Waals surface area contributed by atoms with Crippen molar-refractivity contribution in [2.24, 2.45) is 0 Å². The first-order valence-electron chi connectivity index (χ1n) is 3.93. The second-order valence-electron chi connectivity index (χ2n) is 2.76. The molecule has 0 fully saturated rings. The summed E-state index contributed by atoms with van der Waals surface area (Å²) in [5.41, 5.74) is 1.37. The van der Waals surface area contributed by atoms with E-state index in [9.17, 15) is 4.79 Å². The summed E-state index contributed by atoms with van der Waals surface area (Å²) in [6, 6.07) is 0. The second-order valence-corrected chi connectivity index (χ2v) is 3.78. The smallest absolute Gasteiger partial charge is 0.333 e. The lowest BCUT2D eigenvalue weighted by Crippen LogP contribution is -2.01. The van der Waals surface area contributed by atoms with Crippen LogP contribution in [-0.2, 0) is 4.79 Å². The molecule has 0 amide bonds. The van der Waals surface area contributed by atoms with E-state index in [-0.39, 0.29) is 0 Å². The lowest BCUT2D eigenvalue weighted by molar-refractivity contribution is -0.132. The maximum Gasteiger partial charge on any atom is 0.333 e. The summed E-state index contributed by atoms with van der Waals surface area (Å²) in [4.78, 5) is 11.9. The van der Waals surface area contributed by atoms with Gasteiger partial charge >= 0.3 is 5.97 Å². The van der Waals surface area contributed by atoms with Crippen LogP contribution in [0.5, 0.6) is 0 Å². The Morgan fingerprint density at radius 1 is 1.38 bits per heavy atom. The van der Waals surface area contributed by atoms with Crippen molar-refractivity contribution in [3.63, 3.8) is 0 Å². The van der Waals surface area contributed by atoms with E-state index in [0.29, 0.717) is 11.3 Å². The van der Waals surface area contributed by atoms with Crippen LogP contribution in [0.15, 0.2) is 46.4 Å². The normalized spacial score (nSPS) is 19.8. The SMILES string of the molecule is O=C(O)C1=C2C=CC=CC=C2SC1. The van der Waals surface area contributed by atoms with E-state index in [1.807, 2.05) is 30.4 Å². The first-order chi connectivity index (χ1) is 6.29. The number of hydrogen-bond donors (Lipinski definition) is 1. The highest BCUT2D eigenvalue weighted by molar-refractivity contribution is 8.03. The van der Waals surface area contributed by atoms with Gasteiger partial charge in [-0.15, -0.1) is 11.8 Å². The number of thioether (sulfide) groups is 1. The van der Waals surface area contributed by atoms with Crippen molar-refractivity contribution in [3.8, 4) is 0 Å². The van der Waals surface area contributed by atoms with Crippen LogP contribution in [0.4, 0.5) is 0 Å². The third kappa shape index (κ3) is 1.47. The quantitative estimate of drug-likeness (QED) is 0.691. The molecule has 2 nitrogen and oxygen atoms in total. The van der Waals surface area contributed by atoms with Crippen molar-refractivity contribution in [1.82, 2.24) is 0 Å². The molecule has 2 rings (SSSR count). The number of carboxylic acid groups (broad SMARTS) is 1. The maximum atomic E-state index is 10.8. The molecular weight excluding hydrogens is 184 g/mol. The minimum absolute atomic E-state index is 0.510. The molecule has 1 N–H and O–H groups in total. The van der Waals surface area contributed by atoms with Crippen molar-refractivity contribution in [1.29, 1.82) is 0 Å². The van der Waals surface area contributed by atoms with Crippen molar-refractivity contribution in [3.05, 3.63) is 46.4 Å². The molecule has 0 unspecified atom stereocenters. The van der Waals surface area contributed by atoms with E-state index < -0.39 is 5.97 Å². The monoisotopic (exact) mass is 192 g/mol. The van der Waals surface area contributed by atoms with Crippen molar-refractivity contribution in [2.75, 3.05) is 5.75 Å². The molecule has 1 aliphatic heterocycles. The fourth-order valence-electron chi connectivity index (χ4n) is 1.31. The molecule has 0 bridgehead atoms. The molecule has 0 saturated carbocycles. The first-order valence-corrected chi connectivity index (χ1v) is 4.92. The van der Waals surface area contributed by atoms with E-state index in [4.69, 9.17) is 5.11 Å². The van der Waals surface area contributed by atoms with Crippen LogP contribution in [0.2, 0.25) is 0 Å². The van der Waals surface area contributed by atoms with E-state index in [1.54, 1.807) is 11.8 Å². The van der Waals surface area contributed by atoms with Gasteiger partial charge in [0.25, 0.3) is 0 Å². The van der Waals surface area contributed by atoms with Gasteiger partial charge in [-0.2, -0.15) is 0 Å². The number of aliphatic carboxylic acids is 1. The Balaban J connectivity index is 2.49. The van der Waals surface area contributed by atoms with Crippen molar-refractivity contribution < 1.29 is 9.90 Å². The molecule has 0 aromatic carbocycles. The summed E-state index contributed by atoms with van der Waals surface area (Å²) in [6.07, 6.45) is 9.51. The van der Waals surface area contributed by atoms with Crippen LogP contribution in [-0.4, -0.2) is 16.8 Å². The van der Waals surface area contributed by atoms with Crippen molar-refractivity contribution >= 4 is 17.7 Å². The van der Waals surface area contributed by atoms with Crippen LogP contribution < -0.4 is 0 Å². The standard InChI is InChI=1S/C10H8O2S/c11-10(12)8-6-13-9-5-3-1-2-4-7(8)9/h1-5H,6H2,(H,11,12). The van der Waals surface area contributed by atoms with Crippen LogP contribution in [0.1, 0.15) is 0 Å². The number of fused-ring (bicyclic) bond motifs is 1. The molecule has 3 heteroatoms. The number of carboxylic acids is 1. The topological polar surface area (TPSA) is 37.3 Å². The molecule has 66 valence electrons. The molecular formula is C10H8O2S. The Bertz CT molecular complexity index is 372. The minimum atomic E-state index is -0.808. The van der Waals surface area contributed by atoms with E-state index in [2.05, 4.69) is 0 Å². The Morgan fingerprint density at radius 3 is 3.00 bits per heavy atom. The number of rotatable bonds is 1. The molecule has 0 atom stereocenters. The summed E-state index contributed by atoms with van der Waals surface area (Å²) < 4.78 is 0. The summed E-state index contributed by atoms with van der Waals surface area (Å²) >= 11 is 1.58. The predicted octanol–water partition coefficient (Wildman–Crippen LogP) is 2.12. The average Bonchev–Trinajstić information content (AvgIpc) is 2.36. The third-order valence-corrected chi connectivity index (χ3v) is 3.05. The fraction of sp³-hybridized carbons (Fsp3) is 0.100. The largest absolute Gasteiger partial charge is 0.478 e. The number of allylic oxidation sites excluding steroid dienone is 6. The summed E-state index contributed by atoms with van der Waals surface area (Å²) in [7, 11) is 0. The minimum Gasteiger partial charge on any atom is -0.478 e. The second kappa shape index (κ2) is 3.26. The van der Waals surface area contributed by atoms with E-state index in [0.717, 1.165) is 10.5 Å². The summed E-state index contributed by atoms with van der Waals surface area (Å²) in [6.45, 7) is 0. The van der Waals surface area contributed by atoms with Gasteiger partial charge in [0.2, 0.25) is 0 Å². The van der Waals surface area contributed by atoms with Gasteiger partial charge in [-0.3, -0.25) is 0 Å². The fourth-order valence-corrected chi connectivity index (χ4v) is 2.41. The first kappa shape index (κ1) is 8.38. The van der Waals surface area contributed by atoms with Gasteiger partial charge < -0.3 is 5.11 Å². The highest BCUT2D eigenvalue weighted by Gasteiger charge is 2.23. The lowest BCUT2D eigenvalue weighted by Gasteiger charge is -1.96. The molecule has 1 aliphatic carbocycles.